The van der Waals surface area contributed by atoms with Gasteiger partial charge in [0.25, 0.3) is 5.91 Å². The van der Waals surface area contributed by atoms with Gasteiger partial charge in [-0.3, -0.25) is 19.8 Å². The summed E-state index contributed by atoms with van der Waals surface area (Å²) in [5, 5.41) is 11.8. The molecular weight excluding hydrogens is 382 g/mol. The van der Waals surface area contributed by atoms with Crippen LogP contribution in [0.5, 0.6) is 5.75 Å². The van der Waals surface area contributed by atoms with Gasteiger partial charge in [0, 0.05) is 43.8 Å². The Morgan fingerprint density at radius 3 is 2.61 bits per heavy atom. The van der Waals surface area contributed by atoms with E-state index in [0.717, 1.165) is 30.8 Å². The van der Waals surface area contributed by atoms with Crippen molar-refractivity contribution in [3.63, 3.8) is 0 Å². The summed E-state index contributed by atoms with van der Waals surface area (Å²) in [6.07, 6.45) is 0. The SMILES string of the molecule is Cc1ccc([N+](=O)[O-])c(OCC(=O)N2CCN(Cc3cccc(Cl)c3)CC2)c1. The molecule has 1 amide bonds. The van der Waals surface area contributed by atoms with Gasteiger partial charge in [0.05, 0.1) is 4.92 Å². The molecule has 0 saturated carbocycles. The summed E-state index contributed by atoms with van der Waals surface area (Å²) < 4.78 is 5.47. The summed E-state index contributed by atoms with van der Waals surface area (Å²) in [7, 11) is 0. The fourth-order valence-electron chi connectivity index (χ4n) is 3.17. The molecule has 0 spiro atoms. The number of hydrogen-bond acceptors (Lipinski definition) is 5. The summed E-state index contributed by atoms with van der Waals surface area (Å²) in [6.45, 7) is 5.09. The summed E-state index contributed by atoms with van der Waals surface area (Å²) >= 11 is 6.03. The first-order chi connectivity index (χ1) is 13.4. The smallest absolute Gasteiger partial charge is 0.310 e. The van der Waals surface area contributed by atoms with Crippen molar-refractivity contribution < 1.29 is 14.5 Å². The van der Waals surface area contributed by atoms with E-state index in [1.54, 1.807) is 17.0 Å². The van der Waals surface area contributed by atoms with Crippen molar-refractivity contribution >= 4 is 23.2 Å². The third-order valence-electron chi connectivity index (χ3n) is 4.68. The number of carbonyl (C=O) groups is 1. The Labute approximate surface area is 168 Å². The number of rotatable bonds is 6. The zero-order chi connectivity index (χ0) is 20.1. The molecule has 148 valence electrons. The fraction of sp³-hybridized carbons (Fsp3) is 0.350. The van der Waals surface area contributed by atoms with Crippen molar-refractivity contribution in [2.75, 3.05) is 32.8 Å². The van der Waals surface area contributed by atoms with Crippen LogP contribution in [0.3, 0.4) is 0 Å². The van der Waals surface area contributed by atoms with Gasteiger partial charge in [-0.05, 0) is 36.2 Å². The van der Waals surface area contributed by atoms with Gasteiger partial charge in [-0.25, -0.2) is 0 Å². The molecule has 0 N–H and O–H groups in total. The normalized spacial score (nSPS) is 14.7. The predicted molar refractivity (Wildman–Crippen MR) is 107 cm³/mol. The second-order valence-corrected chi connectivity index (χ2v) is 7.24. The average Bonchev–Trinajstić information content (AvgIpc) is 2.66. The molecule has 1 aliphatic heterocycles. The van der Waals surface area contributed by atoms with Crippen LogP contribution in [0.15, 0.2) is 42.5 Å². The van der Waals surface area contributed by atoms with Gasteiger partial charge >= 0.3 is 5.69 Å². The van der Waals surface area contributed by atoms with Crippen LogP contribution in [0.4, 0.5) is 5.69 Å². The minimum atomic E-state index is -0.506. The molecule has 1 heterocycles. The number of hydrogen-bond donors (Lipinski definition) is 0. The monoisotopic (exact) mass is 403 g/mol. The second-order valence-electron chi connectivity index (χ2n) is 6.80. The Morgan fingerprint density at radius 1 is 1.18 bits per heavy atom. The van der Waals surface area contributed by atoms with Gasteiger partial charge in [0.2, 0.25) is 0 Å². The van der Waals surface area contributed by atoms with E-state index in [4.69, 9.17) is 16.3 Å². The van der Waals surface area contributed by atoms with Crippen molar-refractivity contribution in [3.05, 3.63) is 68.7 Å². The molecule has 0 radical (unpaired) electrons. The maximum Gasteiger partial charge on any atom is 0.310 e. The van der Waals surface area contributed by atoms with Crippen molar-refractivity contribution in [3.8, 4) is 5.75 Å². The minimum absolute atomic E-state index is 0.123. The zero-order valence-electron chi connectivity index (χ0n) is 15.6. The zero-order valence-corrected chi connectivity index (χ0v) is 16.4. The molecule has 2 aromatic carbocycles. The maximum atomic E-state index is 12.4. The van der Waals surface area contributed by atoms with E-state index in [1.165, 1.54) is 6.07 Å². The van der Waals surface area contributed by atoms with Gasteiger partial charge in [0.15, 0.2) is 12.4 Å². The molecule has 1 saturated heterocycles. The lowest BCUT2D eigenvalue weighted by atomic mass is 10.2. The Balaban J connectivity index is 1.50. The first-order valence-corrected chi connectivity index (χ1v) is 9.42. The third-order valence-corrected chi connectivity index (χ3v) is 4.92. The molecule has 3 rings (SSSR count). The molecular formula is C20H22ClN3O4. The first kappa shape index (κ1) is 20.1. The average molecular weight is 404 g/mol. The fourth-order valence-corrected chi connectivity index (χ4v) is 3.38. The number of nitro groups is 1. The quantitative estimate of drug-likeness (QED) is 0.546. The molecule has 0 atom stereocenters. The van der Waals surface area contributed by atoms with Crippen LogP contribution in [-0.4, -0.2) is 53.4 Å². The number of aryl methyl sites for hydroxylation is 1. The highest BCUT2D eigenvalue weighted by Crippen LogP contribution is 2.27. The third kappa shape index (κ3) is 5.21. The van der Waals surface area contributed by atoms with Crippen molar-refractivity contribution in [1.82, 2.24) is 9.80 Å². The van der Waals surface area contributed by atoms with Gasteiger partial charge < -0.3 is 9.64 Å². The molecule has 28 heavy (non-hydrogen) atoms. The van der Waals surface area contributed by atoms with Crippen LogP contribution in [0, 0.1) is 17.0 Å². The molecule has 0 unspecified atom stereocenters. The Hall–Kier alpha value is -2.64. The van der Waals surface area contributed by atoms with Crippen molar-refractivity contribution in [2.45, 2.75) is 13.5 Å². The van der Waals surface area contributed by atoms with E-state index in [2.05, 4.69) is 4.90 Å². The molecule has 0 aliphatic carbocycles. The van der Waals surface area contributed by atoms with Crippen LogP contribution >= 0.6 is 11.6 Å². The number of carbonyl (C=O) groups excluding carboxylic acids is 1. The number of nitro benzene ring substituents is 1. The highest BCUT2D eigenvalue weighted by Gasteiger charge is 2.23. The molecule has 1 aliphatic rings. The standard InChI is InChI=1S/C20H22ClN3O4/c1-15-5-6-18(24(26)27)19(11-15)28-14-20(25)23-9-7-22(8-10-23)13-16-3-2-4-17(21)12-16/h2-6,11-12H,7-10,13-14H2,1H3. The van der Waals surface area contributed by atoms with E-state index in [1.807, 2.05) is 31.2 Å². The summed E-state index contributed by atoms with van der Waals surface area (Å²) in [6, 6.07) is 12.4. The Kier molecular flexibility index (Phi) is 6.49. The Morgan fingerprint density at radius 2 is 1.93 bits per heavy atom. The van der Waals surface area contributed by atoms with Crippen molar-refractivity contribution in [1.29, 1.82) is 0 Å². The Bertz CT molecular complexity index is 866. The highest BCUT2D eigenvalue weighted by atomic mass is 35.5. The predicted octanol–water partition coefficient (Wildman–Crippen LogP) is 3.28. The summed E-state index contributed by atoms with van der Waals surface area (Å²) in [5.41, 5.74) is 1.84. The lowest BCUT2D eigenvalue weighted by molar-refractivity contribution is -0.385. The number of ether oxygens (including phenoxy) is 1. The molecule has 1 fully saturated rings. The van der Waals surface area contributed by atoms with E-state index in [-0.39, 0.29) is 24.0 Å². The van der Waals surface area contributed by atoms with Crippen LogP contribution in [0.25, 0.3) is 0 Å². The van der Waals surface area contributed by atoms with E-state index in [9.17, 15) is 14.9 Å². The highest BCUT2D eigenvalue weighted by molar-refractivity contribution is 6.30. The van der Waals surface area contributed by atoms with Crippen LogP contribution in [0.2, 0.25) is 5.02 Å². The second kappa shape index (κ2) is 9.03. The van der Waals surface area contributed by atoms with Gasteiger partial charge in [-0.15, -0.1) is 0 Å². The van der Waals surface area contributed by atoms with Crippen LogP contribution in [-0.2, 0) is 11.3 Å². The van der Waals surface area contributed by atoms with Gasteiger partial charge in [-0.1, -0.05) is 29.8 Å². The van der Waals surface area contributed by atoms with Gasteiger partial charge in [0.1, 0.15) is 0 Å². The van der Waals surface area contributed by atoms with Crippen LogP contribution in [0.1, 0.15) is 11.1 Å². The van der Waals surface area contributed by atoms with Crippen molar-refractivity contribution in [2.24, 2.45) is 0 Å². The largest absolute Gasteiger partial charge is 0.477 e. The van der Waals surface area contributed by atoms with E-state index in [0.29, 0.717) is 18.1 Å². The number of halogens is 1. The molecule has 8 heteroatoms. The number of amides is 1. The molecule has 2 aromatic rings. The topological polar surface area (TPSA) is 75.9 Å². The maximum absolute atomic E-state index is 12.4. The van der Waals surface area contributed by atoms with E-state index < -0.39 is 4.92 Å². The number of piperazine rings is 1. The molecule has 0 aromatic heterocycles. The summed E-state index contributed by atoms with van der Waals surface area (Å²) in [5.74, 6) is -0.0452. The lowest BCUT2D eigenvalue weighted by Gasteiger charge is -2.34. The van der Waals surface area contributed by atoms with Crippen LogP contribution < -0.4 is 4.74 Å². The minimum Gasteiger partial charge on any atom is -0.477 e. The van der Waals surface area contributed by atoms with Gasteiger partial charge in [-0.2, -0.15) is 0 Å². The molecule has 7 nitrogen and oxygen atoms in total. The first-order valence-electron chi connectivity index (χ1n) is 9.05. The molecule has 0 bridgehead atoms. The number of benzene rings is 2. The lowest BCUT2D eigenvalue weighted by Crippen LogP contribution is -2.49. The number of nitrogens with zero attached hydrogens (tertiary/aromatic N) is 3. The summed E-state index contributed by atoms with van der Waals surface area (Å²) in [4.78, 5) is 27.0. The van der Waals surface area contributed by atoms with E-state index >= 15 is 0 Å².